The molecule has 0 aromatic rings. The normalized spacial score (nSPS) is 28.4. The molecule has 0 radical (unpaired) electrons. The van der Waals surface area contributed by atoms with Gasteiger partial charge in [-0.15, -0.1) is 0 Å². The van der Waals surface area contributed by atoms with Gasteiger partial charge in [-0.3, -0.25) is 0 Å². The van der Waals surface area contributed by atoms with Gasteiger partial charge in [-0.2, -0.15) is 0 Å². The topological polar surface area (TPSA) is 12.0 Å². The summed E-state index contributed by atoms with van der Waals surface area (Å²) in [6.07, 6.45) is 5.62. The molecule has 0 saturated heterocycles. The standard InChI is InChI=1S/C14H29N/c1-11(2)14(4,5)10-15-13-8-6-7-12(3)9-13/h11-13,15H,6-10H2,1-5H3. The van der Waals surface area contributed by atoms with Crippen LogP contribution in [0.1, 0.15) is 60.3 Å². The van der Waals surface area contributed by atoms with Crippen LogP contribution in [0.2, 0.25) is 0 Å². The SMILES string of the molecule is CC1CCCC(NCC(C)(C)C(C)C)C1. The highest BCUT2D eigenvalue weighted by atomic mass is 14.9. The summed E-state index contributed by atoms with van der Waals surface area (Å²) in [5.74, 6) is 1.68. The zero-order valence-electron chi connectivity index (χ0n) is 11.3. The Kier molecular flexibility index (Phi) is 4.64. The molecule has 0 amide bonds. The van der Waals surface area contributed by atoms with Gasteiger partial charge in [0.1, 0.15) is 0 Å². The van der Waals surface area contributed by atoms with Crippen molar-refractivity contribution in [2.45, 2.75) is 66.3 Å². The van der Waals surface area contributed by atoms with E-state index >= 15 is 0 Å². The van der Waals surface area contributed by atoms with Crippen LogP contribution in [0, 0.1) is 17.3 Å². The summed E-state index contributed by atoms with van der Waals surface area (Å²) in [6, 6.07) is 0.784. The fourth-order valence-electron chi connectivity index (χ4n) is 2.23. The smallest absolute Gasteiger partial charge is 0.00698 e. The van der Waals surface area contributed by atoms with E-state index in [9.17, 15) is 0 Å². The molecular formula is C14H29N. The quantitative estimate of drug-likeness (QED) is 0.745. The molecule has 1 N–H and O–H groups in total. The zero-order chi connectivity index (χ0) is 11.5. The van der Waals surface area contributed by atoms with Gasteiger partial charge in [-0.25, -0.2) is 0 Å². The van der Waals surface area contributed by atoms with Crippen molar-refractivity contribution in [2.75, 3.05) is 6.54 Å². The Bertz CT molecular complexity index is 184. The van der Waals surface area contributed by atoms with Gasteiger partial charge in [-0.1, -0.05) is 47.5 Å². The number of hydrogen-bond acceptors (Lipinski definition) is 1. The van der Waals surface area contributed by atoms with Gasteiger partial charge >= 0.3 is 0 Å². The first-order chi connectivity index (χ1) is 6.92. The highest BCUT2D eigenvalue weighted by Crippen LogP contribution is 2.27. The van der Waals surface area contributed by atoms with Crippen LogP contribution in [0.4, 0.5) is 0 Å². The van der Waals surface area contributed by atoms with Crippen LogP contribution in [-0.2, 0) is 0 Å². The lowest BCUT2D eigenvalue weighted by atomic mass is 9.80. The molecule has 0 bridgehead atoms. The molecule has 1 heteroatoms. The van der Waals surface area contributed by atoms with E-state index in [1.165, 1.54) is 32.2 Å². The van der Waals surface area contributed by atoms with Crippen LogP contribution in [0.3, 0.4) is 0 Å². The van der Waals surface area contributed by atoms with E-state index in [1.54, 1.807) is 0 Å². The van der Waals surface area contributed by atoms with Crippen LogP contribution in [-0.4, -0.2) is 12.6 Å². The maximum Gasteiger partial charge on any atom is 0.00698 e. The molecule has 2 unspecified atom stereocenters. The second kappa shape index (κ2) is 5.34. The van der Waals surface area contributed by atoms with Crippen molar-refractivity contribution in [1.82, 2.24) is 5.32 Å². The zero-order valence-corrected chi connectivity index (χ0v) is 11.3. The van der Waals surface area contributed by atoms with Gasteiger partial charge in [0.2, 0.25) is 0 Å². The second-order valence-electron chi connectivity index (χ2n) is 6.49. The number of hydrogen-bond donors (Lipinski definition) is 1. The van der Waals surface area contributed by atoms with E-state index < -0.39 is 0 Å². The van der Waals surface area contributed by atoms with Crippen molar-refractivity contribution in [3.63, 3.8) is 0 Å². The lowest BCUT2D eigenvalue weighted by molar-refractivity contribution is 0.207. The van der Waals surface area contributed by atoms with E-state index in [4.69, 9.17) is 0 Å². The van der Waals surface area contributed by atoms with Crippen LogP contribution in [0.15, 0.2) is 0 Å². The van der Waals surface area contributed by atoms with Gasteiger partial charge in [0.25, 0.3) is 0 Å². The van der Waals surface area contributed by atoms with Crippen LogP contribution < -0.4 is 5.32 Å². The third-order valence-corrected chi connectivity index (χ3v) is 4.35. The first-order valence-corrected chi connectivity index (χ1v) is 6.65. The monoisotopic (exact) mass is 211 g/mol. The van der Waals surface area contributed by atoms with Crippen molar-refractivity contribution in [2.24, 2.45) is 17.3 Å². The largest absolute Gasteiger partial charge is 0.313 e. The van der Waals surface area contributed by atoms with Gasteiger partial charge < -0.3 is 5.32 Å². The number of nitrogens with one attached hydrogen (secondary N) is 1. The molecule has 1 nitrogen and oxygen atoms in total. The van der Waals surface area contributed by atoms with E-state index in [-0.39, 0.29) is 0 Å². The first-order valence-electron chi connectivity index (χ1n) is 6.65. The molecular weight excluding hydrogens is 182 g/mol. The van der Waals surface area contributed by atoms with Crippen molar-refractivity contribution in [1.29, 1.82) is 0 Å². The Morgan fingerprint density at radius 3 is 2.47 bits per heavy atom. The summed E-state index contributed by atoms with van der Waals surface area (Å²) in [7, 11) is 0. The van der Waals surface area contributed by atoms with Crippen LogP contribution in [0.25, 0.3) is 0 Å². The predicted octanol–water partition coefficient (Wildman–Crippen LogP) is 3.84. The van der Waals surface area contributed by atoms with Gasteiger partial charge in [0, 0.05) is 12.6 Å². The average Bonchev–Trinajstić information content (AvgIpc) is 2.15. The fraction of sp³-hybridized carbons (Fsp3) is 1.00. The highest BCUT2D eigenvalue weighted by molar-refractivity contribution is 4.81. The minimum atomic E-state index is 0.431. The maximum atomic E-state index is 3.77. The summed E-state index contributed by atoms with van der Waals surface area (Å²) in [4.78, 5) is 0. The Labute approximate surface area is 96.0 Å². The molecule has 90 valence electrons. The van der Waals surface area contributed by atoms with Crippen molar-refractivity contribution in [3.8, 4) is 0 Å². The van der Waals surface area contributed by atoms with Crippen molar-refractivity contribution >= 4 is 0 Å². The molecule has 1 rings (SSSR count). The molecule has 2 atom stereocenters. The lowest BCUT2D eigenvalue weighted by Crippen LogP contribution is -2.41. The molecule has 1 aliphatic carbocycles. The summed E-state index contributed by atoms with van der Waals surface area (Å²) >= 11 is 0. The van der Waals surface area contributed by atoms with Crippen LogP contribution in [0.5, 0.6) is 0 Å². The van der Waals surface area contributed by atoms with E-state index in [1.807, 2.05) is 0 Å². The van der Waals surface area contributed by atoms with Crippen LogP contribution >= 0.6 is 0 Å². The molecule has 15 heavy (non-hydrogen) atoms. The van der Waals surface area contributed by atoms with E-state index in [0.717, 1.165) is 17.9 Å². The summed E-state index contributed by atoms with van der Waals surface area (Å²) < 4.78 is 0. The molecule has 1 aliphatic rings. The fourth-order valence-corrected chi connectivity index (χ4v) is 2.23. The van der Waals surface area contributed by atoms with Crippen molar-refractivity contribution < 1.29 is 0 Å². The van der Waals surface area contributed by atoms with Crippen molar-refractivity contribution in [3.05, 3.63) is 0 Å². The Hall–Kier alpha value is -0.0400. The third kappa shape index (κ3) is 4.14. The van der Waals surface area contributed by atoms with Gasteiger partial charge in [0.05, 0.1) is 0 Å². The Morgan fingerprint density at radius 2 is 1.93 bits per heavy atom. The maximum absolute atomic E-state index is 3.77. The molecule has 0 spiro atoms. The molecule has 0 aromatic heterocycles. The molecule has 0 aliphatic heterocycles. The van der Waals surface area contributed by atoms with E-state index in [2.05, 4.69) is 39.9 Å². The molecule has 1 saturated carbocycles. The predicted molar refractivity (Wildman–Crippen MR) is 68.0 cm³/mol. The third-order valence-electron chi connectivity index (χ3n) is 4.35. The Balaban J connectivity index is 2.30. The minimum absolute atomic E-state index is 0.431. The van der Waals surface area contributed by atoms with E-state index in [0.29, 0.717) is 5.41 Å². The summed E-state index contributed by atoms with van der Waals surface area (Å²) in [5.41, 5.74) is 0.431. The summed E-state index contributed by atoms with van der Waals surface area (Å²) in [5, 5.41) is 3.77. The molecule has 0 heterocycles. The first kappa shape index (κ1) is 13.0. The minimum Gasteiger partial charge on any atom is -0.313 e. The Morgan fingerprint density at radius 1 is 1.27 bits per heavy atom. The van der Waals surface area contributed by atoms with Gasteiger partial charge in [0.15, 0.2) is 0 Å². The molecule has 0 aromatic carbocycles. The molecule has 1 fully saturated rings. The summed E-state index contributed by atoms with van der Waals surface area (Å²) in [6.45, 7) is 13.0. The lowest BCUT2D eigenvalue weighted by Gasteiger charge is -2.34. The number of rotatable bonds is 4. The highest BCUT2D eigenvalue weighted by Gasteiger charge is 2.25. The second-order valence-corrected chi connectivity index (χ2v) is 6.49. The average molecular weight is 211 g/mol. The van der Waals surface area contributed by atoms with Gasteiger partial charge in [-0.05, 0) is 30.1 Å².